The Morgan fingerprint density at radius 3 is 2.05 bits per heavy atom. The summed E-state index contributed by atoms with van der Waals surface area (Å²) >= 11 is 0. The van der Waals surface area contributed by atoms with E-state index >= 15 is 0 Å². The molecular formula is C16H35NO2Si. The van der Waals surface area contributed by atoms with Crippen molar-refractivity contribution in [1.82, 2.24) is 4.98 Å². The topological polar surface area (TPSA) is 30.5 Å². The van der Waals surface area contributed by atoms with Crippen molar-refractivity contribution in [2.24, 2.45) is 5.92 Å². The number of nitrogens with one attached hydrogen (secondary N) is 1. The fourth-order valence-corrected chi connectivity index (χ4v) is 7.45. The van der Waals surface area contributed by atoms with E-state index in [9.17, 15) is 0 Å². The maximum atomic E-state index is 6.41. The molecular weight excluding hydrogens is 266 g/mol. The third-order valence-electron chi connectivity index (χ3n) is 4.13. The average Bonchev–Trinajstić information content (AvgIpc) is 2.42. The zero-order chi connectivity index (χ0) is 15.0. The minimum absolute atomic E-state index is 0.421. The van der Waals surface area contributed by atoms with Crippen molar-refractivity contribution in [1.29, 1.82) is 0 Å². The van der Waals surface area contributed by atoms with Crippen LogP contribution in [0.25, 0.3) is 0 Å². The SMILES string of the molecule is CCCO[Si](NC(C)C)(OCCC)C1CCCCC1C. The van der Waals surface area contributed by atoms with Crippen LogP contribution in [-0.2, 0) is 8.85 Å². The second kappa shape index (κ2) is 9.18. The zero-order valence-electron chi connectivity index (χ0n) is 14.2. The third-order valence-corrected chi connectivity index (χ3v) is 8.21. The van der Waals surface area contributed by atoms with Crippen molar-refractivity contribution >= 4 is 8.72 Å². The smallest absolute Gasteiger partial charge is 0.383 e. The molecule has 4 heteroatoms. The van der Waals surface area contributed by atoms with Gasteiger partial charge in [-0.3, -0.25) is 4.98 Å². The van der Waals surface area contributed by atoms with E-state index in [1.807, 2.05) is 0 Å². The predicted molar refractivity (Wildman–Crippen MR) is 87.9 cm³/mol. The van der Waals surface area contributed by atoms with E-state index < -0.39 is 8.72 Å². The van der Waals surface area contributed by atoms with Crippen LogP contribution in [0.5, 0.6) is 0 Å². The van der Waals surface area contributed by atoms with E-state index in [1.165, 1.54) is 25.7 Å². The van der Waals surface area contributed by atoms with Crippen LogP contribution in [0.2, 0.25) is 5.54 Å². The molecule has 2 unspecified atom stereocenters. The van der Waals surface area contributed by atoms with Crippen LogP contribution < -0.4 is 4.98 Å². The lowest BCUT2D eigenvalue weighted by atomic mass is 9.90. The Kier molecular flexibility index (Phi) is 8.33. The van der Waals surface area contributed by atoms with Gasteiger partial charge in [0.1, 0.15) is 0 Å². The molecule has 2 atom stereocenters. The maximum Gasteiger partial charge on any atom is 0.428 e. The standard InChI is InChI=1S/C16H35NO2Si/c1-6-12-18-20(17-14(3)4,19-13-7-2)16-11-9-8-10-15(16)5/h14-17H,6-13H2,1-5H3. The highest BCUT2D eigenvalue weighted by atomic mass is 28.4. The summed E-state index contributed by atoms with van der Waals surface area (Å²) < 4.78 is 12.8. The lowest BCUT2D eigenvalue weighted by Gasteiger charge is -2.43. The second-order valence-electron chi connectivity index (χ2n) is 6.53. The highest BCUT2D eigenvalue weighted by Gasteiger charge is 2.50. The molecule has 0 aromatic heterocycles. The molecule has 0 amide bonds. The number of hydrogen-bond acceptors (Lipinski definition) is 3. The van der Waals surface area contributed by atoms with Gasteiger partial charge in [-0.1, -0.05) is 53.9 Å². The van der Waals surface area contributed by atoms with Crippen molar-refractivity contribution in [3.63, 3.8) is 0 Å². The Balaban J connectivity index is 2.91. The summed E-state index contributed by atoms with van der Waals surface area (Å²) in [7, 11) is -2.31. The minimum Gasteiger partial charge on any atom is -0.383 e. The van der Waals surface area contributed by atoms with Crippen molar-refractivity contribution in [3.8, 4) is 0 Å². The monoisotopic (exact) mass is 301 g/mol. The van der Waals surface area contributed by atoms with Crippen LogP contribution in [0.3, 0.4) is 0 Å². The van der Waals surface area contributed by atoms with E-state index in [-0.39, 0.29) is 0 Å². The molecule has 3 nitrogen and oxygen atoms in total. The highest BCUT2D eigenvalue weighted by Crippen LogP contribution is 2.41. The summed E-state index contributed by atoms with van der Waals surface area (Å²) in [5.41, 5.74) is 0.594. The fraction of sp³-hybridized carbons (Fsp3) is 1.00. The Morgan fingerprint density at radius 1 is 1.05 bits per heavy atom. The molecule has 1 aliphatic carbocycles. The molecule has 1 N–H and O–H groups in total. The van der Waals surface area contributed by atoms with Crippen molar-refractivity contribution in [2.75, 3.05) is 13.2 Å². The largest absolute Gasteiger partial charge is 0.428 e. The van der Waals surface area contributed by atoms with Crippen LogP contribution in [-0.4, -0.2) is 28.0 Å². The maximum absolute atomic E-state index is 6.41. The van der Waals surface area contributed by atoms with Gasteiger partial charge in [-0.05, 0) is 31.2 Å². The molecule has 0 spiro atoms. The van der Waals surface area contributed by atoms with Crippen molar-refractivity contribution < 1.29 is 8.85 Å². The third kappa shape index (κ3) is 5.13. The van der Waals surface area contributed by atoms with E-state index in [2.05, 4.69) is 39.6 Å². The van der Waals surface area contributed by atoms with E-state index in [0.717, 1.165) is 32.0 Å². The van der Waals surface area contributed by atoms with Gasteiger partial charge in [0.25, 0.3) is 0 Å². The van der Waals surface area contributed by atoms with Crippen LogP contribution in [0, 0.1) is 5.92 Å². The molecule has 1 rings (SSSR count). The fourth-order valence-electron chi connectivity index (χ4n) is 3.24. The quantitative estimate of drug-likeness (QED) is 0.642. The van der Waals surface area contributed by atoms with Gasteiger partial charge in [-0.25, -0.2) is 0 Å². The van der Waals surface area contributed by atoms with Gasteiger partial charge < -0.3 is 8.85 Å². The minimum atomic E-state index is -2.31. The van der Waals surface area contributed by atoms with Crippen LogP contribution >= 0.6 is 0 Å². The Morgan fingerprint density at radius 2 is 1.60 bits per heavy atom. The van der Waals surface area contributed by atoms with Crippen LogP contribution in [0.4, 0.5) is 0 Å². The highest BCUT2D eigenvalue weighted by molar-refractivity contribution is 6.66. The second-order valence-corrected chi connectivity index (χ2v) is 9.47. The van der Waals surface area contributed by atoms with Crippen molar-refractivity contribution in [3.05, 3.63) is 0 Å². The molecule has 120 valence electrons. The molecule has 0 aromatic carbocycles. The first-order chi connectivity index (χ1) is 9.55. The van der Waals surface area contributed by atoms with Gasteiger partial charge in [0, 0.05) is 18.8 Å². The van der Waals surface area contributed by atoms with Gasteiger partial charge in [-0.2, -0.15) is 0 Å². The van der Waals surface area contributed by atoms with E-state index in [4.69, 9.17) is 8.85 Å². The predicted octanol–water partition coefficient (Wildman–Crippen LogP) is 4.36. The Bertz CT molecular complexity index is 253. The summed E-state index contributed by atoms with van der Waals surface area (Å²) in [6.07, 6.45) is 7.40. The summed E-state index contributed by atoms with van der Waals surface area (Å²) in [4.78, 5) is 3.76. The Hall–Kier alpha value is 0.0969. The van der Waals surface area contributed by atoms with E-state index in [1.54, 1.807) is 0 Å². The Labute approximate surface area is 127 Å². The molecule has 0 aromatic rings. The van der Waals surface area contributed by atoms with Gasteiger partial charge in [-0.15, -0.1) is 0 Å². The molecule has 0 radical (unpaired) electrons. The van der Waals surface area contributed by atoms with Gasteiger partial charge in [0.05, 0.1) is 0 Å². The van der Waals surface area contributed by atoms with Gasteiger partial charge in [0.15, 0.2) is 0 Å². The van der Waals surface area contributed by atoms with Crippen molar-refractivity contribution in [2.45, 2.75) is 84.7 Å². The normalized spacial score (nSPS) is 24.3. The molecule has 20 heavy (non-hydrogen) atoms. The van der Waals surface area contributed by atoms with Crippen LogP contribution in [0.1, 0.15) is 73.1 Å². The molecule has 0 aliphatic heterocycles. The first-order valence-corrected chi connectivity index (χ1v) is 10.5. The average molecular weight is 302 g/mol. The lowest BCUT2D eigenvalue weighted by molar-refractivity contribution is 0.127. The summed E-state index contributed by atoms with van der Waals surface area (Å²) in [6.45, 7) is 12.8. The summed E-state index contributed by atoms with van der Waals surface area (Å²) in [5.74, 6) is 0.718. The first kappa shape index (κ1) is 18.1. The molecule has 0 saturated heterocycles. The van der Waals surface area contributed by atoms with Gasteiger partial charge >= 0.3 is 8.72 Å². The van der Waals surface area contributed by atoms with Gasteiger partial charge in [0.2, 0.25) is 0 Å². The summed E-state index contributed by atoms with van der Waals surface area (Å²) in [6, 6.07) is 0.421. The van der Waals surface area contributed by atoms with E-state index in [0.29, 0.717) is 11.6 Å². The molecule has 0 heterocycles. The first-order valence-electron chi connectivity index (χ1n) is 8.61. The molecule has 1 fully saturated rings. The lowest BCUT2D eigenvalue weighted by Crippen LogP contribution is -2.63. The van der Waals surface area contributed by atoms with Crippen LogP contribution in [0.15, 0.2) is 0 Å². The molecule has 1 aliphatic rings. The number of hydrogen-bond donors (Lipinski definition) is 1. The molecule has 1 saturated carbocycles. The summed E-state index contributed by atoms with van der Waals surface area (Å²) in [5, 5.41) is 0. The number of rotatable bonds is 9. The molecule has 0 bridgehead atoms. The zero-order valence-corrected chi connectivity index (χ0v) is 15.2.